The Morgan fingerprint density at radius 1 is 1.11 bits per heavy atom. The Labute approximate surface area is 164 Å². The number of benzene rings is 1. The van der Waals surface area contributed by atoms with Crippen LogP contribution in [0.15, 0.2) is 67.0 Å². The summed E-state index contributed by atoms with van der Waals surface area (Å²) in [5.74, 6) is 0.853. The van der Waals surface area contributed by atoms with Crippen molar-refractivity contribution in [3.8, 4) is 5.75 Å². The summed E-state index contributed by atoms with van der Waals surface area (Å²) in [4.78, 5) is 6.82. The number of rotatable bonds is 5. The SMILES string of the molecule is COc1ccc(CN2C(=S)NC(c3ccccn3)C2c2cccn2C)cc1. The maximum atomic E-state index is 5.71. The Morgan fingerprint density at radius 3 is 2.56 bits per heavy atom. The number of ether oxygens (including phenoxy) is 1. The molecule has 4 rings (SSSR count). The van der Waals surface area contributed by atoms with Gasteiger partial charge in [0.25, 0.3) is 0 Å². The Morgan fingerprint density at radius 2 is 1.93 bits per heavy atom. The fraction of sp³-hybridized carbons (Fsp3) is 0.238. The highest BCUT2D eigenvalue weighted by Gasteiger charge is 2.40. The highest BCUT2D eigenvalue weighted by Crippen LogP contribution is 2.39. The van der Waals surface area contributed by atoms with Gasteiger partial charge in [0, 0.05) is 31.7 Å². The summed E-state index contributed by atoms with van der Waals surface area (Å²) in [6, 6.07) is 18.4. The molecule has 1 saturated heterocycles. The summed E-state index contributed by atoms with van der Waals surface area (Å²) in [6.07, 6.45) is 3.89. The van der Waals surface area contributed by atoms with Crippen molar-refractivity contribution in [2.75, 3.05) is 7.11 Å². The summed E-state index contributed by atoms with van der Waals surface area (Å²) in [7, 11) is 3.75. The predicted molar refractivity (Wildman–Crippen MR) is 109 cm³/mol. The van der Waals surface area contributed by atoms with Crippen molar-refractivity contribution in [3.63, 3.8) is 0 Å². The van der Waals surface area contributed by atoms with Crippen molar-refractivity contribution in [1.29, 1.82) is 0 Å². The third kappa shape index (κ3) is 3.40. The third-order valence-corrected chi connectivity index (χ3v) is 5.35. The minimum atomic E-state index is 0.00514. The van der Waals surface area contributed by atoms with Crippen LogP contribution < -0.4 is 10.1 Å². The standard InChI is InChI=1S/C21H22N4OS/c1-24-13-5-7-18(24)20-19(17-6-3-4-12-22-17)23-21(27)25(20)14-15-8-10-16(26-2)11-9-15/h3-13,19-20H,14H2,1-2H3,(H,23,27). The number of pyridine rings is 1. The monoisotopic (exact) mass is 378 g/mol. The molecule has 0 bridgehead atoms. The number of hydrogen-bond donors (Lipinski definition) is 1. The quantitative estimate of drug-likeness (QED) is 0.687. The second-order valence-electron chi connectivity index (χ2n) is 6.65. The maximum absolute atomic E-state index is 5.71. The van der Waals surface area contributed by atoms with Crippen molar-refractivity contribution in [1.82, 2.24) is 19.8 Å². The van der Waals surface area contributed by atoms with Gasteiger partial charge >= 0.3 is 0 Å². The van der Waals surface area contributed by atoms with E-state index in [1.807, 2.05) is 36.5 Å². The van der Waals surface area contributed by atoms with Gasteiger partial charge in [0.15, 0.2) is 5.11 Å². The molecule has 3 heterocycles. The van der Waals surface area contributed by atoms with Crippen LogP contribution in [0.2, 0.25) is 0 Å². The van der Waals surface area contributed by atoms with Crippen LogP contribution in [0.25, 0.3) is 0 Å². The van der Waals surface area contributed by atoms with Crippen LogP contribution in [0.4, 0.5) is 0 Å². The number of thiocarbonyl (C=S) groups is 1. The van der Waals surface area contributed by atoms with E-state index in [1.165, 1.54) is 11.3 Å². The average molecular weight is 379 g/mol. The highest BCUT2D eigenvalue weighted by atomic mass is 32.1. The summed E-state index contributed by atoms with van der Waals surface area (Å²) in [6.45, 7) is 0.717. The minimum absolute atomic E-state index is 0.00514. The van der Waals surface area contributed by atoms with Gasteiger partial charge in [-0.3, -0.25) is 4.98 Å². The molecule has 5 nitrogen and oxygen atoms in total. The van der Waals surface area contributed by atoms with Gasteiger partial charge in [-0.1, -0.05) is 18.2 Å². The number of nitrogens with one attached hydrogen (secondary N) is 1. The maximum Gasteiger partial charge on any atom is 0.170 e. The fourth-order valence-electron chi connectivity index (χ4n) is 3.61. The van der Waals surface area contributed by atoms with Crippen LogP contribution in [0.3, 0.4) is 0 Å². The molecular formula is C21H22N4OS. The lowest BCUT2D eigenvalue weighted by Crippen LogP contribution is -2.29. The molecule has 1 aliphatic heterocycles. The van der Waals surface area contributed by atoms with Crippen LogP contribution in [-0.4, -0.2) is 26.7 Å². The molecule has 1 N–H and O–H groups in total. The molecule has 2 aromatic heterocycles. The zero-order valence-electron chi connectivity index (χ0n) is 15.4. The van der Waals surface area contributed by atoms with E-state index in [0.29, 0.717) is 0 Å². The van der Waals surface area contributed by atoms with Gasteiger partial charge in [0.05, 0.1) is 24.9 Å². The largest absolute Gasteiger partial charge is 0.497 e. The molecule has 138 valence electrons. The van der Waals surface area contributed by atoms with E-state index in [0.717, 1.165) is 23.1 Å². The Bertz CT molecular complexity index is 923. The Balaban J connectivity index is 1.70. The molecule has 1 fully saturated rings. The van der Waals surface area contributed by atoms with Gasteiger partial charge in [-0.05, 0) is 54.2 Å². The highest BCUT2D eigenvalue weighted by molar-refractivity contribution is 7.80. The van der Waals surface area contributed by atoms with E-state index in [1.54, 1.807) is 7.11 Å². The van der Waals surface area contributed by atoms with Crippen molar-refractivity contribution in [2.24, 2.45) is 7.05 Å². The van der Waals surface area contributed by atoms with Gasteiger partial charge < -0.3 is 19.5 Å². The number of hydrogen-bond acceptors (Lipinski definition) is 3. The predicted octanol–water partition coefficient (Wildman–Crippen LogP) is 3.60. The van der Waals surface area contributed by atoms with Crippen molar-refractivity contribution in [3.05, 3.63) is 83.9 Å². The van der Waals surface area contributed by atoms with Crippen LogP contribution in [-0.2, 0) is 13.6 Å². The molecule has 0 amide bonds. The lowest BCUT2D eigenvalue weighted by atomic mass is 10.0. The molecule has 3 aromatic rings. The van der Waals surface area contributed by atoms with E-state index in [4.69, 9.17) is 17.0 Å². The van der Waals surface area contributed by atoms with E-state index in [-0.39, 0.29) is 12.1 Å². The second kappa shape index (κ2) is 7.40. The van der Waals surface area contributed by atoms with E-state index >= 15 is 0 Å². The topological polar surface area (TPSA) is 42.3 Å². The molecule has 1 aliphatic rings. The van der Waals surface area contributed by atoms with Gasteiger partial charge in [-0.15, -0.1) is 0 Å². The fourth-order valence-corrected chi connectivity index (χ4v) is 3.91. The first-order valence-corrected chi connectivity index (χ1v) is 9.30. The Hall–Kier alpha value is -2.86. The molecule has 1 aromatic carbocycles. The third-order valence-electron chi connectivity index (χ3n) is 5.00. The summed E-state index contributed by atoms with van der Waals surface area (Å²) < 4.78 is 7.42. The number of aryl methyl sites for hydroxylation is 1. The van der Waals surface area contributed by atoms with Crippen molar-refractivity contribution in [2.45, 2.75) is 18.6 Å². The normalized spacial score (nSPS) is 19.2. The number of aromatic nitrogens is 2. The molecule has 27 heavy (non-hydrogen) atoms. The van der Waals surface area contributed by atoms with Crippen LogP contribution in [0.5, 0.6) is 5.75 Å². The summed E-state index contributed by atoms with van der Waals surface area (Å²) in [5.41, 5.74) is 3.37. The molecule has 0 saturated carbocycles. The molecule has 6 heteroatoms. The van der Waals surface area contributed by atoms with Gasteiger partial charge in [-0.2, -0.15) is 0 Å². The van der Waals surface area contributed by atoms with Crippen molar-refractivity contribution < 1.29 is 4.74 Å². The molecule has 0 radical (unpaired) electrons. The first-order chi connectivity index (χ1) is 13.2. The second-order valence-corrected chi connectivity index (χ2v) is 7.03. The Kier molecular flexibility index (Phi) is 4.81. The molecule has 0 aliphatic carbocycles. The lowest BCUT2D eigenvalue weighted by molar-refractivity contribution is 0.299. The molecule has 2 unspecified atom stereocenters. The lowest BCUT2D eigenvalue weighted by Gasteiger charge is -2.28. The average Bonchev–Trinajstić information content (AvgIpc) is 3.26. The minimum Gasteiger partial charge on any atom is -0.497 e. The van der Waals surface area contributed by atoms with Gasteiger partial charge in [0.2, 0.25) is 0 Å². The van der Waals surface area contributed by atoms with E-state index in [2.05, 4.69) is 57.3 Å². The first-order valence-electron chi connectivity index (χ1n) is 8.89. The smallest absolute Gasteiger partial charge is 0.170 e. The zero-order valence-corrected chi connectivity index (χ0v) is 16.2. The van der Waals surface area contributed by atoms with Crippen LogP contribution >= 0.6 is 12.2 Å². The van der Waals surface area contributed by atoms with Crippen LogP contribution in [0, 0.1) is 0 Å². The molecule has 2 atom stereocenters. The summed E-state index contributed by atoms with van der Waals surface area (Å²) in [5, 5.41) is 4.23. The van der Waals surface area contributed by atoms with Crippen molar-refractivity contribution >= 4 is 17.3 Å². The summed E-state index contributed by atoms with van der Waals surface area (Å²) >= 11 is 5.71. The van der Waals surface area contributed by atoms with E-state index in [9.17, 15) is 0 Å². The van der Waals surface area contributed by atoms with Crippen LogP contribution in [0.1, 0.15) is 29.0 Å². The number of methoxy groups -OCH3 is 1. The molecular weight excluding hydrogens is 356 g/mol. The van der Waals surface area contributed by atoms with Gasteiger partial charge in [-0.25, -0.2) is 0 Å². The first kappa shape index (κ1) is 17.5. The van der Waals surface area contributed by atoms with Gasteiger partial charge in [0.1, 0.15) is 5.75 Å². The zero-order chi connectivity index (χ0) is 18.8. The number of nitrogens with zero attached hydrogens (tertiary/aromatic N) is 3. The molecule has 0 spiro atoms. The van der Waals surface area contributed by atoms with E-state index < -0.39 is 0 Å².